The van der Waals surface area contributed by atoms with Gasteiger partial charge in [0.1, 0.15) is 0 Å². The third-order valence-corrected chi connectivity index (χ3v) is 2.55. The number of benzene rings is 1. The van der Waals surface area contributed by atoms with Gasteiger partial charge in [0.05, 0.1) is 6.10 Å². The molecular weight excluding hydrogens is 216 g/mol. The van der Waals surface area contributed by atoms with Gasteiger partial charge in [0.2, 0.25) is 0 Å². The second-order valence-corrected chi connectivity index (χ2v) is 4.13. The standard InChI is InChI=1S/C13H20N2O2/c1-3-12(14)9-10(2)17-15-13(16)11-7-5-4-6-8-11/h4-8,10,12H,3,9,14H2,1-2H3,(H,15,16). The van der Waals surface area contributed by atoms with Crippen LogP contribution in [0.15, 0.2) is 30.3 Å². The highest BCUT2D eigenvalue weighted by Crippen LogP contribution is 2.03. The second kappa shape index (κ2) is 7.04. The van der Waals surface area contributed by atoms with Crippen molar-refractivity contribution < 1.29 is 9.63 Å². The number of carbonyl (C=O) groups is 1. The van der Waals surface area contributed by atoms with Gasteiger partial charge in [0.25, 0.3) is 5.91 Å². The molecular formula is C13H20N2O2. The molecule has 17 heavy (non-hydrogen) atoms. The lowest BCUT2D eigenvalue weighted by Gasteiger charge is -2.16. The van der Waals surface area contributed by atoms with Gasteiger partial charge in [0.15, 0.2) is 0 Å². The maximum atomic E-state index is 11.6. The number of rotatable bonds is 6. The number of carbonyl (C=O) groups excluding carboxylic acids is 1. The molecule has 0 aliphatic heterocycles. The fraction of sp³-hybridized carbons (Fsp3) is 0.462. The zero-order chi connectivity index (χ0) is 12.7. The molecule has 0 fully saturated rings. The molecule has 0 spiro atoms. The Morgan fingerprint density at radius 2 is 2.06 bits per heavy atom. The van der Waals surface area contributed by atoms with Crippen molar-refractivity contribution in [1.82, 2.24) is 5.48 Å². The van der Waals surface area contributed by atoms with Crippen LogP contribution in [0.4, 0.5) is 0 Å². The highest BCUT2D eigenvalue weighted by atomic mass is 16.7. The smallest absolute Gasteiger partial charge is 0.274 e. The normalized spacial score (nSPS) is 14.1. The molecule has 0 saturated heterocycles. The monoisotopic (exact) mass is 236 g/mol. The van der Waals surface area contributed by atoms with E-state index in [4.69, 9.17) is 10.6 Å². The van der Waals surface area contributed by atoms with Crippen LogP contribution < -0.4 is 11.2 Å². The summed E-state index contributed by atoms with van der Waals surface area (Å²) in [5, 5.41) is 0. The number of hydrogen-bond donors (Lipinski definition) is 2. The van der Waals surface area contributed by atoms with E-state index < -0.39 is 0 Å². The quantitative estimate of drug-likeness (QED) is 0.741. The molecule has 0 aliphatic carbocycles. The average Bonchev–Trinajstić information content (AvgIpc) is 2.36. The van der Waals surface area contributed by atoms with Crippen molar-refractivity contribution in [3.63, 3.8) is 0 Å². The maximum absolute atomic E-state index is 11.6. The summed E-state index contributed by atoms with van der Waals surface area (Å²) in [5.74, 6) is -0.234. The van der Waals surface area contributed by atoms with E-state index in [-0.39, 0.29) is 18.1 Å². The topological polar surface area (TPSA) is 64.3 Å². The Morgan fingerprint density at radius 3 is 2.65 bits per heavy atom. The van der Waals surface area contributed by atoms with Crippen LogP contribution in [0.3, 0.4) is 0 Å². The highest BCUT2D eigenvalue weighted by Gasteiger charge is 2.10. The van der Waals surface area contributed by atoms with Crippen molar-refractivity contribution in [2.45, 2.75) is 38.8 Å². The van der Waals surface area contributed by atoms with Crippen LogP contribution in [-0.2, 0) is 4.84 Å². The fourth-order valence-electron chi connectivity index (χ4n) is 1.44. The predicted molar refractivity (Wildman–Crippen MR) is 67.3 cm³/mol. The van der Waals surface area contributed by atoms with E-state index in [0.717, 1.165) is 12.8 Å². The van der Waals surface area contributed by atoms with Gasteiger partial charge in [-0.05, 0) is 31.9 Å². The first kappa shape index (κ1) is 13.7. The van der Waals surface area contributed by atoms with E-state index in [1.807, 2.05) is 32.0 Å². The largest absolute Gasteiger partial charge is 0.328 e. The molecule has 0 heterocycles. The average molecular weight is 236 g/mol. The molecule has 0 aromatic heterocycles. The molecule has 0 radical (unpaired) electrons. The summed E-state index contributed by atoms with van der Waals surface area (Å²) >= 11 is 0. The van der Waals surface area contributed by atoms with Gasteiger partial charge in [-0.1, -0.05) is 25.1 Å². The first-order chi connectivity index (χ1) is 8.13. The zero-order valence-electron chi connectivity index (χ0n) is 10.3. The Bertz CT molecular complexity index is 341. The van der Waals surface area contributed by atoms with Gasteiger partial charge in [-0.15, -0.1) is 0 Å². The van der Waals surface area contributed by atoms with Crippen LogP contribution in [0.25, 0.3) is 0 Å². The van der Waals surface area contributed by atoms with E-state index in [0.29, 0.717) is 5.56 Å². The van der Waals surface area contributed by atoms with E-state index in [1.165, 1.54) is 0 Å². The highest BCUT2D eigenvalue weighted by molar-refractivity contribution is 5.93. The molecule has 0 aliphatic rings. The van der Waals surface area contributed by atoms with Crippen molar-refractivity contribution >= 4 is 5.91 Å². The van der Waals surface area contributed by atoms with E-state index >= 15 is 0 Å². The maximum Gasteiger partial charge on any atom is 0.274 e. The lowest BCUT2D eigenvalue weighted by atomic mass is 10.1. The SMILES string of the molecule is CCC(N)CC(C)ONC(=O)c1ccccc1. The third-order valence-electron chi connectivity index (χ3n) is 2.55. The Hall–Kier alpha value is -1.39. The Kier molecular flexibility index (Phi) is 5.66. The van der Waals surface area contributed by atoms with E-state index in [1.54, 1.807) is 12.1 Å². The molecule has 1 aromatic carbocycles. The van der Waals surface area contributed by atoms with Gasteiger partial charge >= 0.3 is 0 Å². The third kappa shape index (κ3) is 4.97. The minimum Gasteiger partial charge on any atom is -0.328 e. The lowest BCUT2D eigenvalue weighted by Crippen LogP contribution is -2.32. The van der Waals surface area contributed by atoms with Crippen LogP contribution in [0, 0.1) is 0 Å². The lowest BCUT2D eigenvalue weighted by molar-refractivity contribution is -0.0136. The van der Waals surface area contributed by atoms with Crippen molar-refractivity contribution in [2.75, 3.05) is 0 Å². The number of nitrogens with one attached hydrogen (secondary N) is 1. The summed E-state index contributed by atoms with van der Waals surface area (Å²) in [6.45, 7) is 3.92. The molecule has 3 N–H and O–H groups in total. The van der Waals surface area contributed by atoms with Crippen LogP contribution in [0.5, 0.6) is 0 Å². The van der Waals surface area contributed by atoms with Crippen molar-refractivity contribution in [3.05, 3.63) is 35.9 Å². The molecule has 1 aromatic rings. The van der Waals surface area contributed by atoms with Crippen LogP contribution in [0.1, 0.15) is 37.0 Å². The molecule has 4 heteroatoms. The van der Waals surface area contributed by atoms with Gasteiger partial charge in [0, 0.05) is 11.6 Å². The summed E-state index contributed by atoms with van der Waals surface area (Å²) < 4.78 is 0. The number of hydroxylamine groups is 1. The van der Waals surface area contributed by atoms with Crippen LogP contribution >= 0.6 is 0 Å². The summed E-state index contributed by atoms with van der Waals surface area (Å²) in [6.07, 6.45) is 1.55. The van der Waals surface area contributed by atoms with Crippen LogP contribution in [0.2, 0.25) is 0 Å². The molecule has 0 bridgehead atoms. The molecule has 94 valence electrons. The van der Waals surface area contributed by atoms with Gasteiger partial charge < -0.3 is 5.73 Å². The Morgan fingerprint density at radius 1 is 1.41 bits per heavy atom. The summed E-state index contributed by atoms with van der Waals surface area (Å²) in [5.41, 5.74) is 8.82. The number of amides is 1. The first-order valence-electron chi connectivity index (χ1n) is 5.90. The fourth-order valence-corrected chi connectivity index (χ4v) is 1.44. The number of hydrogen-bond acceptors (Lipinski definition) is 3. The van der Waals surface area contributed by atoms with Crippen molar-refractivity contribution in [3.8, 4) is 0 Å². The minimum atomic E-state index is -0.234. The van der Waals surface area contributed by atoms with Gasteiger partial charge in [-0.2, -0.15) is 0 Å². The van der Waals surface area contributed by atoms with E-state index in [9.17, 15) is 4.79 Å². The van der Waals surface area contributed by atoms with Gasteiger partial charge in [-0.3, -0.25) is 9.63 Å². The summed E-state index contributed by atoms with van der Waals surface area (Å²) in [6, 6.07) is 9.07. The van der Waals surface area contributed by atoms with Crippen LogP contribution in [-0.4, -0.2) is 18.1 Å². The zero-order valence-corrected chi connectivity index (χ0v) is 10.3. The van der Waals surface area contributed by atoms with Gasteiger partial charge in [-0.25, -0.2) is 5.48 Å². The number of nitrogens with two attached hydrogens (primary N) is 1. The second-order valence-electron chi connectivity index (χ2n) is 4.13. The Balaban J connectivity index is 2.33. The molecule has 1 rings (SSSR count). The molecule has 4 nitrogen and oxygen atoms in total. The summed E-state index contributed by atoms with van der Waals surface area (Å²) in [7, 11) is 0. The molecule has 2 unspecified atom stereocenters. The van der Waals surface area contributed by atoms with Crippen molar-refractivity contribution in [1.29, 1.82) is 0 Å². The Labute approximate surface area is 102 Å². The molecule has 0 saturated carbocycles. The molecule has 1 amide bonds. The predicted octanol–water partition coefficient (Wildman–Crippen LogP) is 1.86. The molecule has 2 atom stereocenters. The van der Waals surface area contributed by atoms with E-state index in [2.05, 4.69) is 5.48 Å². The minimum absolute atomic E-state index is 0.0855. The first-order valence-corrected chi connectivity index (χ1v) is 5.90. The summed E-state index contributed by atoms with van der Waals surface area (Å²) in [4.78, 5) is 16.9. The van der Waals surface area contributed by atoms with Crippen molar-refractivity contribution in [2.24, 2.45) is 5.73 Å².